The summed E-state index contributed by atoms with van der Waals surface area (Å²) in [6, 6.07) is 10.5. The Kier molecular flexibility index (Phi) is 6.22. The molecular weight excluding hydrogens is 342 g/mol. The summed E-state index contributed by atoms with van der Waals surface area (Å²) in [6.45, 7) is 8.98. The lowest BCUT2D eigenvalue weighted by Gasteiger charge is -2.19. The third-order valence-corrected chi connectivity index (χ3v) is 5.55. The van der Waals surface area contributed by atoms with Crippen molar-refractivity contribution in [1.82, 2.24) is 10.2 Å². The van der Waals surface area contributed by atoms with Crippen molar-refractivity contribution in [2.24, 2.45) is 0 Å². The number of benzene rings is 1. The van der Waals surface area contributed by atoms with Crippen LogP contribution in [0.2, 0.25) is 0 Å². The number of aryl methyl sites for hydroxylation is 1. The van der Waals surface area contributed by atoms with E-state index < -0.39 is 0 Å². The van der Waals surface area contributed by atoms with E-state index in [-0.39, 0.29) is 11.3 Å². The highest BCUT2D eigenvalue weighted by Gasteiger charge is 2.24. The molecule has 1 N–H and O–H groups in total. The summed E-state index contributed by atoms with van der Waals surface area (Å²) in [4.78, 5) is 16.2. The first-order chi connectivity index (χ1) is 12.2. The standard InChI is InChI=1S/C21H27N3OS/c1-7-17-16(12-22)18(19(26-17)20(25)23-13-24(5)6)14-8-10-15(11-9-14)21(2,3)4/h8-11H,7,13H2,1-6H3,(H,23,25). The fourth-order valence-corrected chi connectivity index (χ4v) is 3.86. The molecule has 4 nitrogen and oxygen atoms in total. The number of rotatable bonds is 5. The minimum Gasteiger partial charge on any atom is -0.339 e. The molecule has 2 aromatic rings. The van der Waals surface area contributed by atoms with Crippen molar-refractivity contribution in [3.63, 3.8) is 0 Å². The molecule has 1 amide bonds. The number of hydrogen-bond acceptors (Lipinski definition) is 4. The first kappa shape index (κ1) is 20.2. The van der Waals surface area contributed by atoms with Crippen molar-refractivity contribution < 1.29 is 4.79 Å². The molecule has 2 rings (SSSR count). The smallest absolute Gasteiger partial charge is 0.263 e. The van der Waals surface area contributed by atoms with E-state index in [2.05, 4.69) is 44.3 Å². The highest BCUT2D eigenvalue weighted by atomic mass is 32.1. The number of nitriles is 1. The number of nitrogens with one attached hydrogen (secondary N) is 1. The number of nitrogens with zero attached hydrogens (tertiary/aromatic N) is 2. The van der Waals surface area contributed by atoms with E-state index in [9.17, 15) is 10.1 Å². The predicted molar refractivity (Wildman–Crippen MR) is 109 cm³/mol. The van der Waals surface area contributed by atoms with Crippen LogP contribution in [0.5, 0.6) is 0 Å². The molecule has 0 spiro atoms. The van der Waals surface area contributed by atoms with Crippen molar-refractivity contribution >= 4 is 17.2 Å². The predicted octanol–water partition coefficient (Wildman–Crippen LogP) is 4.40. The van der Waals surface area contributed by atoms with Crippen LogP contribution < -0.4 is 5.32 Å². The van der Waals surface area contributed by atoms with Crippen molar-refractivity contribution in [3.8, 4) is 17.2 Å². The van der Waals surface area contributed by atoms with Gasteiger partial charge in [0.1, 0.15) is 10.9 Å². The Morgan fingerprint density at radius 3 is 2.31 bits per heavy atom. The van der Waals surface area contributed by atoms with E-state index in [1.54, 1.807) is 0 Å². The molecule has 1 heterocycles. The van der Waals surface area contributed by atoms with Gasteiger partial charge in [-0.1, -0.05) is 52.0 Å². The van der Waals surface area contributed by atoms with E-state index in [0.29, 0.717) is 17.1 Å². The lowest BCUT2D eigenvalue weighted by molar-refractivity contribution is 0.0940. The van der Waals surface area contributed by atoms with Gasteiger partial charge in [0.2, 0.25) is 0 Å². The molecule has 5 heteroatoms. The highest BCUT2D eigenvalue weighted by molar-refractivity contribution is 7.14. The van der Waals surface area contributed by atoms with Gasteiger partial charge in [0, 0.05) is 10.4 Å². The number of carbonyl (C=O) groups excluding carboxylic acids is 1. The highest BCUT2D eigenvalue weighted by Crippen LogP contribution is 2.37. The Morgan fingerprint density at radius 1 is 1.23 bits per heavy atom. The van der Waals surface area contributed by atoms with Gasteiger partial charge in [0.25, 0.3) is 5.91 Å². The average molecular weight is 370 g/mol. The maximum atomic E-state index is 12.7. The van der Waals surface area contributed by atoms with Crippen LogP contribution in [0.15, 0.2) is 24.3 Å². The van der Waals surface area contributed by atoms with E-state index in [0.717, 1.165) is 22.4 Å². The summed E-state index contributed by atoms with van der Waals surface area (Å²) in [7, 11) is 3.80. The monoisotopic (exact) mass is 369 g/mol. The molecule has 1 aromatic heterocycles. The van der Waals surface area contributed by atoms with Crippen molar-refractivity contribution in [2.45, 2.75) is 39.5 Å². The number of amides is 1. The number of hydrogen-bond donors (Lipinski definition) is 1. The first-order valence-electron chi connectivity index (χ1n) is 8.78. The van der Waals surface area contributed by atoms with Crippen LogP contribution in [0, 0.1) is 11.3 Å². The fourth-order valence-electron chi connectivity index (χ4n) is 2.73. The molecule has 26 heavy (non-hydrogen) atoms. The molecule has 1 aromatic carbocycles. The van der Waals surface area contributed by atoms with Crippen molar-refractivity contribution in [1.29, 1.82) is 5.26 Å². The molecule has 0 atom stereocenters. The zero-order chi connectivity index (χ0) is 19.5. The zero-order valence-corrected chi connectivity index (χ0v) is 17.3. The van der Waals surface area contributed by atoms with Crippen molar-refractivity contribution in [2.75, 3.05) is 20.8 Å². The normalized spacial score (nSPS) is 11.5. The first-order valence-corrected chi connectivity index (χ1v) is 9.60. The summed E-state index contributed by atoms with van der Waals surface area (Å²) >= 11 is 1.42. The second-order valence-corrected chi connectivity index (χ2v) is 8.75. The molecule has 0 radical (unpaired) electrons. The summed E-state index contributed by atoms with van der Waals surface area (Å²) in [5.74, 6) is -0.130. The van der Waals surface area contributed by atoms with Gasteiger partial charge < -0.3 is 5.32 Å². The van der Waals surface area contributed by atoms with Crippen LogP contribution in [-0.4, -0.2) is 31.6 Å². The molecule has 0 aliphatic heterocycles. The molecule has 0 saturated heterocycles. The minimum atomic E-state index is -0.130. The lowest BCUT2D eigenvalue weighted by atomic mass is 9.86. The Bertz CT molecular complexity index is 821. The number of thiophene rings is 1. The minimum absolute atomic E-state index is 0.0612. The van der Waals surface area contributed by atoms with E-state index in [1.165, 1.54) is 16.9 Å². The van der Waals surface area contributed by atoms with Gasteiger partial charge in [-0.25, -0.2) is 0 Å². The fraction of sp³-hybridized carbons (Fsp3) is 0.429. The molecule has 0 aliphatic carbocycles. The SMILES string of the molecule is CCc1sc(C(=O)NCN(C)C)c(-c2ccc(C(C)(C)C)cc2)c1C#N. The van der Waals surface area contributed by atoms with Gasteiger partial charge in [0.05, 0.1) is 12.2 Å². The average Bonchev–Trinajstić information content (AvgIpc) is 2.97. The molecule has 0 aliphatic rings. The zero-order valence-electron chi connectivity index (χ0n) is 16.4. The second-order valence-electron chi connectivity index (χ2n) is 7.64. The van der Waals surface area contributed by atoms with Crippen LogP contribution in [0.1, 0.15) is 53.4 Å². The van der Waals surface area contributed by atoms with Crippen LogP contribution in [0.25, 0.3) is 11.1 Å². The van der Waals surface area contributed by atoms with Crippen LogP contribution in [0.3, 0.4) is 0 Å². The third kappa shape index (κ3) is 4.32. The Morgan fingerprint density at radius 2 is 1.85 bits per heavy atom. The second kappa shape index (κ2) is 8.03. The molecule has 138 valence electrons. The molecule has 0 saturated carbocycles. The Hall–Kier alpha value is -2.16. The van der Waals surface area contributed by atoms with Crippen molar-refractivity contribution in [3.05, 3.63) is 45.1 Å². The third-order valence-electron chi connectivity index (χ3n) is 4.22. The summed E-state index contributed by atoms with van der Waals surface area (Å²) in [5, 5.41) is 12.6. The topological polar surface area (TPSA) is 56.1 Å². The summed E-state index contributed by atoms with van der Waals surface area (Å²) in [6.07, 6.45) is 0.738. The van der Waals surface area contributed by atoms with Crippen LogP contribution in [-0.2, 0) is 11.8 Å². The Balaban J connectivity index is 2.53. The molecule has 0 fully saturated rings. The quantitative estimate of drug-likeness (QED) is 0.795. The van der Waals surface area contributed by atoms with Gasteiger partial charge >= 0.3 is 0 Å². The maximum Gasteiger partial charge on any atom is 0.263 e. The van der Waals surface area contributed by atoms with E-state index in [1.807, 2.05) is 38.1 Å². The van der Waals surface area contributed by atoms with Crippen LogP contribution in [0.4, 0.5) is 0 Å². The van der Waals surface area contributed by atoms with E-state index >= 15 is 0 Å². The Labute approximate surface area is 160 Å². The van der Waals surface area contributed by atoms with Gasteiger partial charge in [0.15, 0.2) is 0 Å². The maximum absolute atomic E-state index is 12.7. The van der Waals surface area contributed by atoms with E-state index in [4.69, 9.17) is 0 Å². The largest absolute Gasteiger partial charge is 0.339 e. The summed E-state index contributed by atoms with van der Waals surface area (Å²) < 4.78 is 0. The number of carbonyl (C=O) groups is 1. The van der Waals surface area contributed by atoms with Gasteiger partial charge in [-0.05, 0) is 37.1 Å². The molecule has 0 unspecified atom stereocenters. The molecular formula is C21H27N3OS. The van der Waals surface area contributed by atoms with Gasteiger partial charge in [-0.3, -0.25) is 9.69 Å². The molecule has 0 bridgehead atoms. The summed E-state index contributed by atoms with van der Waals surface area (Å²) in [5.41, 5.74) is 3.58. The van der Waals surface area contributed by atoms with Gasteiger partial charge in [-0.2, -0.15) is 5.26 Å². The van der Waals surface area contributed by atoms with Gasteiger partial charge in [-0.15, -0.1) is 11.3 Å². The van der Waals surface area contributed by atoms with Crippen LogP contribution >= 0.6 is 11.3 Å². The lowest BCUT2D eigenvalue weighted by Crippen LogP contribution is -2.32.